The number of anilines is 1. The summed E-state index contributed by atoms with van der Waals surface area (Å²) in [5, 5.41) is 6.81. The minimum Gasteiger partial charge on any atom is -0.459 e. The van der Waals surface area contributed by atoms with Crippen LogP contribution < -0.4 is 5.32 Å². The summed E-state index contributed by atoms with van der Waals surface area (Å²) in [6, 6.07) is 9.04. The molecule has 0 unspecified atom stereocenters. The second-order valence-electron chi connectivity index (χ2n) is 4.27. The van der Waals surface area contributed by atoms with Crippen LogP contribution in [0.25, 0.3) is 5.69 Å². The number of benzene rings is 1. The standard InChI is InChI=1S/C14H12N4O2/c1-10-6-7-20-13(10)14(19)17-11-2-4-12(5-3-11)18-9-15-8-16-18/h2-9H,1H3,(H,17,19). The van der Waals surface area contributed by atoms with Crippen LogP contribution in [0.4, 0.5) is 5.69 Å². The molecular formula is C14H12N4O2. The number of amides is 1. The molecule has 0 radical (unpaired) electrons. The highest BCUT2D eigenvalue weighted by molar-refractivity contribution is 6.03. The van der Waals surface area contributed by atoms with E-state index in [1.54, 1.807) is 29.2 Å². The molecule has 20 heavy (non-hydrogen) atoms. The molecular weight excluding hydrogens is 256 g/mol. The highest BCUT2D eigenvalue weighted by Gasteiger charge is 2.12. The van der Waals surface area contributed by atoms with Gasteiger partial charge in [0.1, 0.15) is 12.7 Å². The van der Waals surface area contributed by atoms with Crippen LogP contribution in [-0.2, 0) is 0 Å². The van der Waals surface area contributed by atoms with Gasteiger partial charge in [0.05, 0.1) is 12.0 Å². The summed E-state index contributed by atoms with van der Waals surface area (Å²) in [5.41, 5.74) is 2.37. The molecule has 0 aliphatic carbocycles. The topological polar surface area (TPSA) is 73.0 Å². The Morgan fingerprint density at radius 1 is 1.25 bits per heavy atom. The van der Waals surface area contributed by atoms with Gasteiger partial charge in [0, 0.05) is 11.3 Å². The smallest absolute Gasteiger partial charge is 0.291 e. The molecule has 3 aromatic rings. The lowest BCUT2D eigenvalue weighted by molar-refractivity contribution is 0.0996. The van der Waals surface area contributed by atoms with Crippen LogP contribution in [0.1, 0.15) is 16.1 Å². The number of aryl methyl sites for hydroxylation is 1. The molecule has 6 heteroatoms. The van der Waals surface area contributed by atoms with Crippen LogP contribution in [0.3, 0.4) is 0 Å². The van der Waals surface area contributed by atoms with Crippen molar-refractivity contribution >= 4 is 11.6 Å². The van der Waals surface area contributed by atoms with Gasteiger partial charge in [-0.3, -0.25) is 4.79 Å². The van der Waals surface area contributed by atoms with Gasteiger partial charge in [0.2, 0.25) is 0 Å². The lowest BCUT2D eigenvalue weighted by atomic mass is 10.2. The maximum Gasteiger partial charge on any atom is 0.291 e. The Hall–Kier alpha value is -2.89. The number of hydrogen-bond donors (Lipinski definition) is 1. The van der Waals surface area contributed by atoms with Gasteiger partial charge >= 0.3 is 0 Å². The minimum atomic E-state index is -0.263. The van der Waals surface area contributed by atoms with Crippen molar-refractivity contribution in [2.24, 2.45) is 0 Å². The van der Waals surface area contributed by atoms with E-state index >= 15 is 0 Å². The molecule has 1 N–H and O–H groups in total. The van der Waals surface area contributed by atoms with E-state index in [0.29, 0.717) is 11.4 Å². The Labute approximate surface area is 115 Å². The summed E-state index contributed by atoms with van der Waals surface area (Å²) in [4.78, 5) is 15.9. The first-order chi connectivity index (χ1) is 9.74. The number of furan rings is 1. The SMILES string of the molecule is Cc1ccoc1C(=O)Nc1ccc(-n2cncn2)cc1. The quantitative estimate of drug-likeness (QED) is 0.791. The van der Waals surface area contributed by atoms with E-state index in [-0.39, 0.29) is 5.91 Å². The third kappa shape index (κ3) is 2.31. The van der Waals surface area contributed by atoms with Crippen molar-refractivity contribution in [1.29, 1.82) is 0 Å². The van der Waals surface area contributed by atoms with E-state index in [0.717, 1.165) is 11.3 Å². The van der Waals surface area contributed by atoms with Crippen LogP contribution in [0.5, 0.6) is 0 Å². The number of nitrogens with one attached hydrogen (secondary N) is 1. The summed E-state index contributed by atoms with van der Waals surface area (Å²) in [5.74, 6) is 0.0614. The first-order valence-corrected chi connectivity index (χ1v) is 6.04. The molecule has 0 aliphatic heterocycles. The number of rotatable bonds is 3. The predicted octanol–water partition coefficient (Wildman–Crippen LogP) is 2.42. The lowest BCUT2D eigenvalue weighted by Gasteiger charge is -2.05. The summed E-state index contributed by atoms with van der Waals surface area (Å²) in [7, 11) is 0. The van der Waals surface area contributed by atoms with Crippen LogP contribution in [-0.4, -0.2) is 20.7 Å². The molecule has 2 aromatic heterocycles. The van der Waals surface area contributed by atoms with Gasteiger partial charge in [-0.05, 0) is 37.3 Å². The van der Waals surface area contributed by atoms with Gasteiger partial charge in [-0.15, -0.1) is 0 Å². The summed E-state index contributed by atoms with van der Waals surface area (Å²) in [6.45, 7) is 1.83. The monoisotopic (exact) mass is 268 g/mol. The highest BCUT2D eigenvalue weighted by Crippen LogP contribution is 2.15. The van der Waals surface area contributed by atoms with Gasteiger partial charge in [-0.25, -0.2) is 9.67 Å². The van der Waals surface area contributed by atoms with E-state index in [4.69, 9.17) is 4.42 Å². The third-order valence-electron chi connectivity index (χ3n) is 2.88. The second-order valence-corrected chi connectivity index (χ2v) is 4.27. The first kappa shape index (κ1) is 12.2. The zero-order valence-electron chi connectivity index (χ0n) is 10.8. The van der Waals surface area contributed by atoms with Crippen LogP contribution >= 0.6 is 0 Å². The van der Waals surface area contributed by atoms with Gasteiger partial charge in [-0.2, -0.15) is 5.10 Å². The Balaban J connectivity index is 1.76. The number of carbonyl (C=O) groups excluding carboxylic acids is 1. The van der Waals surface area contributed by atoms with Gasteiger partial charge in [0.25, 0.3) is 5.91 Å². The van der Waals surface area contributed by atoms with E-state index in [1.165, 1.54) is 12.6 Å². The molecule has 1 aromatic carbocycles. The molecule has 100 valence electrons. The molecule has 0 saturated heterocycles. The Morgan fingerprint density at radius 2 is 2.05 bits per heavy atom. The molecule has 0 aliphatic rings. The molecule has 0 fully saturated rings. The number of hydrogen-bond acceptors (Lipinski definition) is 4. The fourth-order valence-corrected chi connectivity index (χ4v) is 1.83. The number of aromatic nitrogens is 3. The summed E-state index contributed by atoms with van der Waals surface area (Å²) >= 11 is 0. The fraction of sp³-hybridized carbons (Fsp3) is 0.0714. The second kappa shape index (κ2) is 5.00. The van der Waals surface area contributed by atoms with Crippen molar-refractivity contribution in [3.8, 4) is 5.69 Å². The van der Waals surface area contributed by atoms with Crippen LogP contribution in [0.2, 0.25) is 0 Å². The molecule has 0 saturated carbocycles. The van der Waals surface area contributed by atoms with Crippen molar-refractivity contribution < 1.29 is 9.21 Å². The maximum absolute atomic E-state index is 12.0. The van der Waals surface area contributed by atoms with E-state index < -0.39 is 0 Å². The van der Waals surface area contributed by atoms with Crippen molar-refractivity contribution in [3.05, 3.63) is 60.6 Å². The van der Waals surface area contributed by atoms with Gasteiger partial charge < -0.3 is 9.73 Å². The molecule has 0 atom stereocenters. The first-order valence-electron chi connectivity index (χ1n) is 6.04. The number of carbonyl (C=O) groups is 1. The van der Waals surface area contributed by atoms with Crippen LogP contribution in [0.15, 0.2) is 53.7 Å². The van der Waals surface area contributed by atoms with Gasteiger partial charge in [0.15, 0.2) is 5.76 Å². The average molecular weight is 268 g/mol. The Morgan fingerprint density at radius 3 is 2.65 bits per heavy atom. The van der Waals surface area contributed by atoms with Crippen molar-refractivity contribution in [1.82, 2.24) is 14.8 Å². The van der Waals surface area contributed by atoms with Gasteiger partial charge in [-0.1, -0.05) is 0 Å². The Bertz CT molecular complexity index is 714. The average Bonchev–Trinajstić information content (AvgIpc) is 3.10. The molecule has 6 nitrogen and oxygen atoms in total. The lowest BCUT2D eigenvalue weighted by Crippen LogP contribution is -2.12. The van der Waals surface area contributed by atoms with Crippen molar-refractivity contribution in [2.45, 2.75) is 6.92 Å². The molecule has 2 heterocycles. The minimum absolute atomic E-state index is 0.263. The van der Waals surface area contributed by atoms with E-state index in [2.05, 4.69) is 15.4 Å². The largest absolute Gasteiger partial charge is 0.459 e. The predicted molar refractivity (Wildman–Crippen MR) is 72.8 cm³/mol. The van der Waals surface area contributed by atoms with Crippen LogP contribution in [0, 0.1) is 6.92 Å². The molecule has 1 amide bonds. The highest BCUT2D eigenvalue weighted by atomic mass is 16.3. The zero-order chi connectivity index (χ0) is 13.9. The summed E-state index contributed by atoms with van der Waals surface area (Å²) < 4.78 is 6.79. The maximum atomic E-state index is 12.0. The number of nitrogens with zero attached hydrogens (tertiary/aromatic N) is 3. The third-order valence-corrected chi connectivity index (χ3v) is 2.88. The fourth-order valence-electron chi connectivity index (χ4n) is 1.83. The zero-order valence-corrected chi connectivity index (χ0v) is 10.8. The van der Waals surface area contributed by atoms with Crippen molar-refractivity contribution in [3.63, 3.8) is 0 Å². The van der Waals surface area contributed by atoms with Crippen molar-refractivity contribution in [2.75, 3.05) is 5.32 Å². The molecule has 3 rings (SSSR count). The molecule has 0 bridgehead atoms. The summed E-state index contributed by atoms with van der Waals surface area (Å²) in [6.07, 6.45) is 4.58. The van der Waals surface area contributed by atoms with E-state index in [9.17, 15) is 4.79 Å². The Kier molecular flexibility index (Phi) is 3.04. The molecule has 0 spiro atoms. The normalized spacial score (nSPS) is 10.4. The van der Waals surface area contributed by atoms with E-state index in [1.807, 2.05) is 19.1 Å².